The molecule has 0 saturated carbocycles. The van der Waals surface area contributed by atoms with Crippen LogP contribution in [0.1, 0.15) is 22.8 Å². The Labute approximate surface area is 183 Å². The number of amides is 1. The van der Waals surface area contributed by atoms with Gasteiger partial charge < -0.3 is 14.0 Å². The molecule has 0 N–H and O–H groups in total. The van der Waals surface area contributed by atoms with Gasteiger partial charge in [0.25, 0.3) is 5.91 Å². The summed E-state index contributed by atoms with van der Waals surface area (Å²) in [4.78, 5) is 29.5. The average molecular weight is 445 g/mol. The van der Waals surface area contributed by atoms with Crippen LogP contribution >= 0.6 is 23.1 Å². The quantitative estimate of drug-likeness (QED) is 0.493. The van der Waals surface area contributed by atoms with Crippen molar-refractivity contribution in [1.29, 1.82) is 0 Å². The number of aromatic nitrogens is 1. The van der Waals surface area contributed by atoms with E-state index in [1.807, 2.05) is 48.1 Å². The maximum Gasteiger partial charge on any atom is 0.337 e. The van der Waals surface area contributed by atoms with Crippen molar-refractivity contribution in [1.82, 2.24) is 4.57 Å². The number of ether oxygens (including phenoxy) is 2. The summed E-state index contributed by atoms with van der Waals surface area (Å²) in [7, 11) is 1.36. The molecule has 0 aliphatic heterocycles. The second kappa shape index (κ2) is 10.4. The minimum absolute atomic E-state index is 0.211. The summed E-state index contributed by atoms with van der Waals surface area (Å²) in [5.74, 6) is 1.08. The van der Waals surface area contributed by atoms with Gasteiger partial charge in [-0.2, -0.15) is 16.8 Å². The van der Waals surface area contributed by atoms with E-state index in [1.54, 1.807) is 23.9 Å². The van der Waals surface area contributed by atoms with Crippen molar-refractivity contribution in [2.75, 3.05) is 25.7 Å². The summed E-state index contributed by atoms with van der Waals surface area (Å²) < 4.78 is 13.2. The van der Waals surface area contributed by atoms with Gasteiger partial charge in [0.15, 0.2) is 4.80 Å². The second-order valence-corrected chi connectivity index (χ2v) is 8.46. The number of carbonyl (C=O) groups excluding carboxylic acids is 2. The fraction of sp³-hybridized carbons (Fsp3) is 0.318. The van der Waals surface area contributed by atoms with Gasteiger partial charge in [-0.3, -0.25) is 4.79 Å². The lowest BCUT2D eigenvalue weighted by Gasteiger charge is -2.05. The summed E-state index contributed by atoms with van der Waals surface area (Å²) in [6.45, 7) is 3.27. The predicted octanol–water partition coefficient (Wildman–Crippen LogP) is 3.92. The largest absolute Gasteiger partial charge is 0.494 e. The highest BCUT2D eigenvalue weighted by Crippen LogP contribution is 2.20. The second-order valence-electron chi connectivity index (χ2n) is 6.46. The summed E-state index contributed by atoms with van der Waals surface area (Å²) >= 11 is 3.13. The van der Waals surface area contributed by atoms with Gasteiger partial charge in [-0.05, 0) is 49.1 Å². The minimum atomic E-state index is -0.383. The SMILES string of the molecule is CCOc1ccc(CC(=O)N=c2sc3cc(C(=O)OC)ccc3n2CCSC)cc1. The highest BCUT2D eigenvalue weighted by atomic mass is 32.2. The van der Waals surface area contributed by atoms with Crippen molar-refractivity contribution in [3.63, 3.8) is 0 Å². The molecule has 0 unspecified atom stereocenters. The van der Waals surface area contributed by atoms with Crippen LogP contribution in [0.15, 0.2) is 47.5 Å². The van der Waals surface area contributed by atoms with Gasteiger partial charge in [-0.25, -0.2) is 4.79 Å². The van der Waals surface area contributed by atoms with Crippen molar-refractivity contribution >= 4 is 45.2 Å². The van der Waals surface area contributed by atoms with Gasteiger partial charge in [0.2, 0.25) is 0 Å². The maximum absolute atomic E-state index is 12.6. The molecule has 0 saturated heterocycles. The van der Waals surface area contributed by atoms with Crippen molar-refractivity contribution < 1.29 is 19.1 Å². The van der Waals surface area contributed by atoms with Crippen LogP contribution in [0.25, 0.3) is 10.2 Å². The molecule has 30 heavy (non-hydrogen) atoms. The van der Waals surface area contributed by atoms with Crippen LogP contribution in [0.2, 0.25) is 0 Å². The summed E-state index contributed by atoms with van der Waals surface area (Å²) in [6, 6.07) is 12.9. The molecule has 2 aromatic carbocycles. The van der Waals surface area contributed by atoms with E-state index in [9.17, 15) is 9.59 Å². The van der Waals surface area contributed by atoms with E-state index in [1.165, 1.54) is 18.4 Å². The van der Waals surface area contributed by atoms with Gasteiger partial charge in [0.1, 0.15) is 5.75 Å². The van der Waals surface area contributed by atoms with Crippen LogP contribution in [0.3, 0.4) is 0 Å². The third-order valence-corrected chi connectivity index (χ3v) is 6.06. The molecular formula is C22H24N2O4S2. The Hall–Kier alpha value is -2.58. The molecule has 0 bridgehead atoms. The molecule has 8 heteroatoms. The van der Waals surface area contributed by atoms with Crippen LogP contribution in [-0.4, -0.2) is 42.2 Å². The summed E-state index contributed by atoms with van der Waals surface area (Å²) in [5, 5.41) is 0. The van der Waals surface area contributed by atoms with Crippen LogP contribution in [0, 0.1) is 0 Å². The molecule has 1 amide bonds. The number of methoxy groups -OCH3 is 1. The van der Waals surface area contributed by atoms with Crippen molar-refractivity contribution in [2.45, 2.75) is 19.9 Å². The fourth-order valence-corrected chi connectivity index (χ4v) is 4.47. The highest BCUT2D eigenvalue weighted by molar-refractivity contribution is 7.98. The fourth-order valence-electron chi connectivity index (χ4n) is 2.99. The van der Waals surface area contributed by atoms with Gasteiger partial charge >= 0.3 is 5.97 Å². The number of nitrogens with zero attached hydrogens (tertiary/aromatic N) is 2. The van der Waals surface area contributed by atoms with Gasteiger partial charge in [0.05, 0.1) is 35.9 Å². The lowest BCUT2D eigenvalue weighted by Crippen LogP contribution is -2.18. The monoisotopic (exact) mass is 444 g/mol. The normalized spacial score (nSPS) is 11.6. The number of thioether (sulfide) groups is 1. The zero-order chi connectivity index (χ0) is 21.5. The Balaban J connectivity index is 1.92. The van der Waals surface area contributed by atoms with E-state index in [4.69, 9.17) is 9.47 Å². The van der Waals surface area contributed by atoms with E-state index in [0.29, 0.717) is 17.0 Å². The topological polar surface area (TPSA) is 69.9 Å². The van der Waals surface area contributed by atoms with Gasteiger partial charge in [-0.1, -0.05) is 23.5 Å². The third kappa shape index (κ3) is 5.31. The predicted molar refractivity (Wildman–Crippen MR) is 121 cm³/mol. The molecule has 1 aromatic heterocycles. The molecule has 0 atom stereocenters. The Bertz CT molecular complexity index is 1100. The number of thiazole rings is 1. The number of rotatable bonds is 8. The van der Waals surface area contributed by atoms with Crippen LogP contribution < -0.4 is 9.54 Å². The van der Waals surface area contributed by atoms with Crippen LogP contribution in [0.4, 0.5) is 0 Å². The zero-order valence-electron chi connectivity index (χ0n) is 17.2. The lowest BCUT2D eigenvalue weighted by molar-refractivity contribution is -0.117. The first-order valence-electron chi connectivity index (χ1n) is 9.55. The first-order valence-corrected chi connectivity index (χ1v) is 11.8. The molecule has 158 valence electrons. The first-order chi connectivity index (χ1) is 14.5. The average Bonchev–Trinajstić information content (AvgIpc) is 3.09. The third-order valence-electron chi connectivity index (χ3n) is 4.43. The number of carbonyl (C=O) groups is 2. The Kier molecular flexibility index (Phi) is 7.70. The molecule has 0 aliphatic carbocycles. The zero-order valence-corrected chi connectivity index (χ0v) is 18.8. The molecule has 3 aromatic rings. The Morgan fingerprint density at radius 3 is 2.60 bits per heavy atom. The van der Waals surface area contributed by atoms with Gasteiger partial charge in [0, 0.05) is 12.3 Å². The molecule has 0 radical (unpaired) electrons. The van der Waals surface area contributed by atoms with Crippen LogP contribution in [0.5, 0.6) is 5.75 Å². The molecule has 3 rings (SSSR count). The number of hydrogen-bond acceptors (Lipinski definition) is 6. The first kappa shape index (κ1) is 22.1. The highest BCUT2D eigenvalue weighted by Gasteiger charge is 2.12. The molecule has 0 aliphatic rings. The Morgan fingerprint density at radius 2 is 1.93 bits per heavy atom. The van der Waals surface area contributed by atoms with Crippen LogP contribution in [-0.2, 0) is 22.5 Å². The number of hydrogen-bond donors (Lipinski definition) is 0. The number of benzene rings is 2. The van der Waals surface area contributed by atoms with Crippen molar-refractivity contribution in [2.24, 2.45) is 4.99 Å². The summed E-state index contributed by atoms with van der Waals surface area (Å²) in [5.41, 5.74) is 2.32. The smallest absolute Gasteiger partial charge is 0.337 e. The maximum atomic E-state index is 12.6. The number of esters is 1. The van der Waals surface area contributed by atoms with Crippen molar-refractivity contribution in [3.8, 4) is 5.75 Å². The van der Waals surface area contributed by atoms with E-state index in [0.717, 1.165) is 33.8 Å². The molecule has 0 spiro atoms. The molecule has 1 heterocycles. The lowest BCUT2D eigenvalue weighted by atomic mass is 10.1. The van der Waals surface area contributed by atoms with Gasteiger partial charge in [-0.15, -0.1) is 0 Å². The van der Waals surface area contributed by atoms with E-state index in [2.05, 4.69) is 4.99 Å². The van der Waals surface area contributed by atoms with E-state index < -0.39 is 0 Å². The minimum Gasteiger partial charge on any atom is -0.494 e. The van der Waals surface area contributed by atoms with Crippen molar-refractivity contribution in [3.05, 3.63) is 58.4 Å². The van der Waals surface area contributed by atoms with E-state index >= 15 is 0 Å². The molecular weight excluding hydrogens is 420 g/mol. The Morgan fingerprint density at radius 1 is 1.17 bits per heavy atom. The molecule has 6 nitrogen and oxygen atoms in total. The summed E-state index contributed by atoms with van der Waals surface area (Å²) in [6.07, 6.45) is 2.26. The number of fused-ring (bicyclic) bond motifs is 1. The number of aryl methyl sites for hydroxylation is 1. The standard InChI is InChI=1S/C22H24N2O4S2/c1-4-28-17-8-5-15(6-9-17)13-20(25)23-22-24(11-12-29-3)18-10-7-16(21(26)27-2)14-19(18)30-22/h5-10,14H,4,11-13H2,1-3H3. The molecule has 0 fully saturated rings. The van der Waals surface area contributed by atoms with E-state index in [-0.39, 0.29) is 18.3 Å².